The minimum atomic E-state index is -1.82. The number of carbonyl (C=O) groups excluding carboxylic acids is 1. The Morgan fingerprint density at radius 3 is 2.36 bits per heavy atom. The highest BCUT2D eigenvalue weighted by Crippen LogP contribution is 2.08. The summed E-state index contributed by atoms with van der Waals surface area (Å²) in [5.41, 5.74) is 1.42. The van der Waals surface area contributed by atoms with Crippen molar-refractivity contribution in [2.75, 3.05) is 0 Å². The first-order valence-corrected chi connectivity index (χ1v) is 5.60. The molecule has 0 aliphatic rings. The van der Waals surface area contributed by atoms with Gasteiger partial charge < -0.3 is 4.55 Å². The molecule has 0 bridgehead atoms. The maximum atomic E-state index is 11.2. The fraction of sp³-hybridized carbons (Fsp3) is 0.300. The van der Waals surface area contributed by atoms with Crippen LogP contribution in [0.15, 0.2) is 24.3 Å². The van der Waals surface area contributed by atoms with Crippen LogP contribution < -0.4 is 0 Å². The first-order valence-electron chi connectivity index (χ1n) is 4.33. The molecule has 1 atom stereocenters. The lowest BCUT2D eigenvalue weighted by molar-refractivity contribution is 0.0988. The molecule has 3 nitrogen and oxygen atoms in total. The largest absolute Gasteiger partial charge is 0.306 e. The van der Waals surface area contributed by atoms with E-state index in [0.717, 1.165) is 5.56 Å². The highest BCUT2D eigenvalue weighted by atomic mass is 32.2. The van der Waals surface area contributed by atoms with Crippen LogP contribution in [0, 0.1) is 0 Å². The van der Waals surface area contributed by atoms with Crippen molar-refractivity contribution in [3.63, 3.8) is 0 Å². The van der Waals surface area contributed by atoms with Gasteiger partial charge >= 0.3 is 0 Å². The van der Waals surface area contributed by atoms with E-state index in [1.807, 2.05) is 0 Å². The minimum absolute atomic E-state index is 0.0849. The van der Waals surface area contributed by atoms with Crippen LogP contribution in [0.4, 0.5) is 0 Å². The summed E-state index contributed by atoms with van der Waals surface area (Å²) in [6.07, 6.45) is 0.477. The van der Waals surface area contributed by atoms with Gasteiger partial charge in [-0.2, -0.15) is 0 Å². The molecule has 0 aliphatic heterocycles. The van der Waals surface area contributed by atoms with Crippen LogP contribution in [-0.4, -0.2) is 14.5 Å². The van der Waals surface area contributed by atoms with Gasteiger partial charge in [-0.1, -0.05) is 31.2 Å². The molecule has 4 heteroatoms. The number of rotatable bonds is 4. The Kier molecular flexibility index (Phi) is 3.98. The Hall–Kier alpha value is -1.00. The van der Waals surface area contributed by atoms with Gasteiger partial charge in [-0.3, -0.25) is 4.79 Å². The molecule has 0 heterocycles. The van der Waals surface area contributed by atoms with Gasteiger partial charge in [-0.05, 0) is 5.56 Å². The molecule has 1 unspecified atom stereocenters. The molecule has 1 aromatic rings. The normalized spacial score (nSPS) is 12.4. The molecule has 1 rings (SSSR count). The third-order valence-corrected chi connectivity index (χ3v) is 2.47. The van der Waals surface area contributed by atoms with E-state index in [1.165, 1.54) is 0 Å². The average molecular weight is 212 g/mol. The van der Waals surface area contributed by atoms with Gasteiger partial charge in [0.15, 0.2) is 16.9 Å². The summed E-state index contributed by atoms with van der Waals surface area (Å²) >= 11 is -1.82. The second-order valence-corrected chi connectivity index (χ2v) is 3.87. The molecule has 0 fully saturated rings. The van der Waals surface area contributed by atoms with E-state index in [4.69, 9.17) is 4.55 Å². The van der Waals surface area contributed by atoms with E-state index < -0.39 is 11.1 Å². The van der Waals surface area contributed by atoms with Crippen LogP contribution in [0.5, 0.6) is 0 Å². The zero-order valence-corrected chi connectivity index (χ0v) is 8.71. The predicted octanol–water partition coefficient (Wildman–Crippen LogP) is 2.00. The van der Waals surface area contributed by atoms with Crippen LogP contribution in [0.25, 0.3) is 0 Å². The van der Waals surface area contributed by atoms with Crippen molar-refractivity contribution in [1.82, 2.24) is 0 Å². The first-order chi connectivity index (χ1) is 6.63. The van der Waals surface area contributed by atoms with Crippen molar-refractivity contribution < 1.29 is 13.6 Å². The number of carbonyl (C=O) groups is 1. The van der Waals surface area contributed by atoms with Crippen molar-refractivity contribution in [1.29, 1.82) is 0 Å². The smallest absolute Gasteiger partial charge is 0.162 e. The Morgan fingerprint density at radius 1 is 1.36 bits per heavy atom. The van der Waals surface area contributed by atoms with Crippen LogP contribution >= 0.6 is 0 Å². The van der Waals surface area contributed by atoms with Gasteiger partial charge in [0, 0.05) is 12.0 Å². The number of hydrogen-bond acceptors (Lipinski definition) is 2. The Balaban J connectivity index is 2.78. The van der Waals surface area contributed by atoms with Crippen LogP contribution in [0.3, 0.4) is 0 Å². The lowest BCUT2D eigenvalue weighted by Crippen LogP contribution is -1.98. The zero-order valence-electron chi connectivity index (χ0n) is 7.90. The van der Waals surface area contributed by atoms with Gasteiger partial charge in [0.05, 0.1) is 5.75 Å². The Bertz CT molecular complexity index is 343. The number of Topliss-reactive ketones (excluding diaryl/α,β-unsaturated/α-hetero) is 1. The SMILES string of the molecule is CCC(=O)c1ccc(CS(=O)O)cc1. The second-order valence-electron chi connectivity index (χ2n) is 2.94. The third kappa shape index (κ3) is 3.05. The summed E-state index contributed by atoms with van der Waals surface area (Å²) in [6, 6.07) is 6.79. The molecular formula is C10H12O3S. The minimum Gasteiger partial charge on any atom is -0.306 e. The Morgan fingerprint density at radius 2 is 1.93 bits per heavy atom. The maximum Gasteiger partial charge on any atom is 0.162 e. The molecule has 0 saturated carbocycles. The molecule has 0 aliphatic carbocycles. The standard InChI is InChI=1S/C10H12O3S/c1-2-10(11)9-5-3-8(4-6-9)7-14(12)13/h3-6H,2,7H2,1H3,(H,12,13). The lowest BCUT2D eigenvalue weighted by atomic mass is 10.1. The molecule has 0 radical (unpaired) electrons. The van der Waals surface area contributed by atoms with Gasteiger partial charge in [-0.15, -0.1) is 0 Å². The highest BCUT2D eigenvalue weighted by Gasteiger charge is 2.03. The lowest BCUT2D eigenvalue weighted by Gasteiger charge is -2.00. The van der Waals surface area contributed by atoms with Crippen molar-refractivity contribution in [2.24, 2.45) is 0 Å². The van der Waals surface area contributed by atoms with E-state index in [9.17, 15) is 9.00 Å². The molecule has 0 amide bonds. The van der Waals surface area contributed by atoms with Crippen LogP contribution in [0.1, 0.15) is 29.3 Å². The van der Waals surface area contributed by atoms with Crippen molar-refractivity contribution in [2.45, 2.75) is 19.1 Å². The molecular weight excluding hydrogens is 200 g/mol. The maximum absolute atomic E-state index is 11.2. The average Bonchev–Trinajstić information content (AvgIpc) is 2.17. The number of benzene rings is 1. The summed E-state index contributed by atoms with van der Waals surface area (Å²) in [7, 11) is 0. The van der Waals surface area contributed by atoms with Crippen molar-refractivity contribution in [3.8, 4) is 0 Å². The zero-order chi connectivity index (χ0) is 10.6. The fourth-order valence-electron chi connectivity index (χ4n) is 1.13. The summed E-state index contributed by atoms with van der Waals surface area (Å²) in [5, 5.41) is 0. The van der Waals surface area contributed by atoms with Gasteiger partial charge in [0.2, 0.25) is 0 Å². The molecule has 0 saturated heterocycles. The van der Waals surface area contributed by atoms with E-state index in [1.54, 1.807) is 31.2 Å². The highest BCUT2D eigenvalue weighted by molar-refractivity contribution is 7.78. The van der Waals surface area contributed by atoms with Crippen molar-refractivity contribution in [3.05, 3.63) is 35.4 Å². The molecule has 1 aromatic carbocycles. The van der Waals surface area contributed by atoms with Gasteiger partial charge in [-0.25, -0.2) is 4.21 Å². The predicted molar refractivity (Wildman–Crippen MR) is 55.5 cm³/mol. The molecule has 0 spiro atoms. The van der Waals surface area contributed by atoms with Gasteiger partial charge in [0.1, 0.15) is 0 Å². The Labute approximate surface area is 85.4 Å². The van der Waals surface area contributed by atoms with E-state index >= 15 is 0 Å². The topological polar surface area (TPSA) is 54.4 Å². The second kappa shape index (κ2) is 5.02. The van der Waals surface area contributed by atoms with E-state index in [0.29, 0.717) is 12.0 Å². The number of hydrogen-bond donors (Lipinski definition) is 1. The molecule has 14 heavy (non-hydrogen) atoms. The molecule has 1 N–H and O–H groups in total. The van der Waals surface area contributed by atoms with E-state index in [-0.39, 0.29) is 11.5 Å². The third-order valence-electron chi connectivity index (χ3n) is 1.89. The van der Waals surface area contributed by atoms with Crippen LogP contribution in [-0.2, 0) is 16.8 Å². The van der Waals surface area contributed by atoms with Gasteiger partial charge in [0.25, 0.3) is 0 Å². The number of ketones is 1. The first kappa shape index (κ1) is 11.1. The summed E-state index contributed by atoms with van der Waals surface area (Å²) in [4.78, 5) is 11.2. The molecule has 0 aromatic heterocycles. The van der Waals surface area contributed by atoms with Crippen LogP contribution in [0.2, 0.25) is 0 Å². The monoisotopic (exact) mass is 212 g/mol. The fourth-order valence-corrected chi connectivity index (χ4v) is 1.61. The molecule has 76 valence electrons. The summed E-state index contributed by atoms with van der Waals surface area (Å²) < 4.78 is 19.1. The summed E-state index contributed by atoms with van der Waals surface area (Å²) in [5.74, 6) is 0.197. The summed E-state index contributed by atoms with van der Waals surface area (Å²) in [6.45, 7) is 1.80. The van der Waals surface area contributed by atoms with E-state index in [2.05, 4.69) is 0 Å². The van der Waals surface area contributed by atoms with Crippen molar-refractivity contribution >= 4 is 16.9 Å². The quantitative estimate of drug-likeness (QED) is 0.613.